The zero-order chi connectivity index (χ0) is 13.5. The second kappa shape index (κ2) is 4.24. The SMILES string of the molecule is Cc1c(CC(C)(C)C(=O)O)cn2ncnc(Cl)c12. The van der Waals surface area contributed by atoms with Gasteiger partial charge in [-0.05, 0) is 38.3 Å². The third kappa shape index (κ3) is 2.06. The summed E-state index contributed by atoms with van der Waals surface area (Å²) in [5.74, 6) is -0.825. The predicted molar refractivity (Wildman–Crippen MR) is 67.9 cm³/mol. The van der Waals surface area contributed by atoms with Crippen LogP contribution in [0.25, 0.3) is 5.52 Å². The van der Waals surface area contributed by atoms with Gasteiger partial charge in [0.15, 0.2) is 5.15 Å². The molecule has 0 unspecified atom stereocenters. The summed E-state index contributed by atoms with van der Waals surface area (Å²) in [6, 6.07) is 0. The number of aryl methyl sites for hydroxylation is 1. The summed E-state index contributed by atoms with van der Waals surface area (Å²) in [5, 5.41) is 13.6. The third-order valence-electron chi connectivity index (χ3n) is 3.10. The highest BCUT2D eigenvalue weighted by atomic mass is 35.5. The van der Waals surface area contributed by atoms with E-state index in [1.54, 1.807) is 18.4 Å². The molecule has 0 amide bonds. The van der Waals surface area contributed by atoms with Crippen LogP contribution in [0.15, 0.2) is 12.5 Å². The number of halogens is 1. The van der Waals surface area contributed by atoms with Gasteiger partial charge >= 0.3 is 5.97 Å². The Morgan fingerprint density at radius 1 is 1.56 bits per heavy atom. The molecule has 0 fully saturated rings. The van der Waals surface area contributed by atoms with Crippen LogP contribution in [-0.2, 0) is 11.2 Å². The number of rotatable bonds is 3. The lowest BCUT2D eigenvalue weighted by Gasteiger charge is -2.18. The Balaban J connectivity index is 2.51. The molecule has 0 radical (unpaired) electrons. The van der Waals surface area contributed by atoms with Gasteiger partial charge in [-0.2, -0.15) is 5.10 Å². The third-order valence-corrected chi connectivity index (χ3v) is 3.37. The van der Waals surface area contributed by atoms with Crippen LogP contribution >= 0.6 is 11.6 Å². The van der Waals surface area contributed by atoms with Gasteiger partial charge in [-0.3, -0.25) is 4.79 Å². The molecule has 1 N–H and O–H groups in total. The van der Waals surface area contributed by atoms with Crippen LogP contribution in [0.3, 0.4) is 0 Å². The van der Waals surface area contributed by atoms with Crippen LogP contribution in [-0.4, -0.2) is 25.7 Å². The van der Waals surface area contributed by atoms with Gasteiger partial charge < -0.3 is 5.11 Å². The molecule has 0 aliphatic heterocycles. The van der Waals surface area contributed by atoms with Crippen molar-refractivity contribution >= 4 is 23.1 Å². The number of fused-ring (bicyclic) bond motifs is 1. The molecule has 0 bridgehead atoms. The Morgan fingerprint density at radius 2 is 2.22 bits per heavy atom. The van der Waals surface area contributed by atoms with Gasteiger partial charge in [0.25, 0.3) is 0 Å². The fourth-order valence-corrected chi connectivity index (χ4v) is 2.17. The van der Waals surface area contributed by atoms with E-state index in [4.69, 9.17) is 16.7 Å². The molecule has 0 atom stereocenters. The van der Waals surface area contributed by atoms with Gasteiger partial charge in [0, 0.05) is 6.20 Å². The van der Waals surface area contributed by atoms with Crippen LogP contribution in [0.5, 0.6) is 0 Å². The first-order valence-corrected chi connectivity index (χ1v) is 5.91. The summed E-state index contributed by atoms with van der Waals surface area (Å²) in [6.45, 7) is 5.30. The van der Waals surface area contributed by atoms with Crippen molar-refractivity contribution in [3.63, 3.8) is 0 Å². The highest BCUT2D eigenvalue weighted by molar-refractivity contribution is 6.32. The lowest BCUT2D eigenvalue weighted by atomic mass is 9.86. The molecule has 0 saturated heterocycles. The van der Waals surface area contributed by atoms with Crippen LogP contribution in [0.1, 0.15) is 25.0 Å². The molecular formula is C12H14ClN3O2. The van der Waals surface area contributed by atoms with E-state index >= 15 is 0 Å². The number of carboxylic acid groups (broad SMARTS) is 1. The maximum Gasteiger partial charge on any atom is 0.309 e. The Morgan fingerprint density at radius 3 is 2.78 bits per heavy atom. The molecule has 0 aromatic carbocycles. The summed E-state index contributed by atoms with van der Waals surface area (Å²) in [7, 11) is 0. The number of aromatic nitrogens is 3. The summed E-state index contributed by atoms with van der Waals surface area (Å²) in [6.07, 6.45) is 3.61. The largest absolute Gasteiger partial charge is 0.481 e. The summed E-state index contributed by atoms with van der Waals surface area (Å²) in [5.41, 5.74) is 1.75. The van der Waals surface area contributed by atoms with Crippen molar-refractivity contribution in [1.82, 2.24) is 14.6 Å². The van der Waals surface area contributed by atoms with Gasteiger partial charge in [-0.25, -0.2) is 9.50 Å². The standard InChI is InChI=1S/C12H14ClN3O2/c1-7-8(4-12(2,3)11(17)18)5-16-9(7)10(13)14-6-15-16/h5-6H,4H2,1-3H3,(H,17,18). The second-order valence-corrected chi connectivity index (χ2v) is 5.35. The fraction of sp³-hybridized carbons (Fsp3) is 0.417. The van der Waals surface area contributed by atoms with Crippen molar-refractivity contribution in [3.05, 3.63) is 28.8 Å². The topological polar surface area (TPSA) is 67.5 Å². The minimum absolute atomic E-state index is 0.377. The van der Waals surface area contributed by atoms with E-state index in [1.165, 1.54) is 6.33 Å². The average Bonchev–Trinajstić information content (AvgIpc) is 2.56. The molecule has 2 aromatic rings. The number of nitrogens with zero attached hydrogens (tertiary/aromatic N) is 3. The van der Waals surface area contributed by atoms with Crippen LogP contribution in [0, 0.1) is 12.3 Å². The van der Waals surface area contributed by atoms with Gasteiger partial charge in [-0.1, -0.05) is 11.6 Å². The molecule has 2 aromatic heterocycles. The molecule has 18 heavy (non-hydrogen) atoms. The number of carbonyl (C=O) groups is 1. The minimum Gasteiger partial charge on any atom is -0.481 e. The highest BCUT2D eigenvalue weighted by Crippen LogP contribution is 2.28. The first kappa shape index (κ1) is 12.8. The Hall–Kier alpha value is -1.62. The summed E-state index contributed by atoms with van der Waals surface area (Å²) < 4.78 is 1.64. The summed E-state index contributed by atoms with van der Waals surface area (Å²) in [4.78, 5) is 15.1. The maximum absolute atomic E-state index is 11.2. The van der Waals surface area contributed by atoms with Crippen molar-refractivity contribution < 1.29 is 9.90 Å². The average molecular weight is 268 g/mol. The van der Waals surface area contributed by atoms with Crippen molar-refractivity contribution in [2.45, 2.75) is 27.2 Å². The Kier molecular flexibility index (Phi) is 3.02. The normalized spacial score (nSPS) is 12.0. The number of hydrogen-bond donors (Lipinski definition) is 1. The molecule has 0 aliphatic carbocycles. The minimum atomic E-state index is -0.825. The lowest BCUT2D eigenvalue weighted by Crippen LogP contribution is -2.26. The Labute approximate surface area is 109 Å². The van der Waals surface area contributed by atoms with Gasteiger partial charge in [0.2, 0.25) is 0 Å². The molecule has 96 valence electrons. The van der Waals surface area contributed by atoms with Gasteiger partial charge in [-0.15, -0.1) is 0 Å². The fourth-order valence-electron chi connectivity index (χ4n) is 1.90. The molecule has 5 nitrogen and oxygen atoms in total. The summed E-state index contributed by atoms with van der Waals surface area (Å²) >= 11 is 6.02. The smallest absolute Gasteiger partial charge is 0.309 e. The van der Waals surface area contributed by atoms with E-state index in [0.717, 1.165) is 16.6 Å². The molecule has 0 aliphatic rings. The van der Waals surface area contributed by atoms with Crippen LogP contribution in [0.4, 0.5) is 0 Å². The zero-order valence-corrected chi connectivity index (χ0v) is 11.2. The van der Waals surface area contributed by atoms with Gasteiger partial charge in [0.1, 0.15) is 11.8 Å². The molecule has 6 heteroatoms. The van der Waals surface area contributed by atoms with Crippen molar-refractivity contribution in [2.24, 2.45) is 5.41 Å². The quantitative estimate of drug-likeness (QED) is 0.927. The van der Waals surface area contributed by atoms with Crippen molar-refractivity contribution in [1.29, 1.82) is 0 Å². The first-order valence-electron chi connectivity index (χ1n) is 5.53. The van der Waals surface area contributed by atoms with E-state index in [2.05, 4.69) is 10.1 Å². The highest BCUT2D eigenvalue weighted by Gasteiger charge is 2.29. The first-order chi connectivity index (χ1) is 8.33. The maximum atomic E-state index is 11.2. The molecular weight excluding hydrogens is 254 g/mol. The van der Waals surface area contributed by atoms with E-state index in [-0.39, 0.29) is 0 Å². The van der Waals surface area contributed by atoms with Crippen LogP contribution in [0.2, 0.25) is 5.15 Å². The monoisotopic (exact) mass is 267 g/mol. The lowest BCUT2D eigenvalue weighted by molar-refractivity contribution is -0.146. The molecule has 2 heterocycles. The van der Waals surface area contributed by atoms with E-state index in [9.17, 15) is 4.79 Å². The van der Waals surface area contributed by atoms with Crippen molar-refractivity contribution in [2.75, 3.05) is 0 Å². The molecule has 0 saturated carbocycles. The van der Waals surface area contributed by atoms with Gasteiger partial charge in [0.05, 0.1) is 5.41 Å². The number of hydrogen-bond acceptors (Lipinski definition) is 3. The molecule has 2 rings (SSSR count). The van der Waals surface area contributed by atoms with E-state index in [0.29, 0.717) is 11.6 Å². The molecule has 0 spiro atoms. The van der Waals surface area contributed by atoms with E-state index in [1.807, 2.05) is 13.1 Å². The Bertz CT molecular complexity index is 619. The predicted octanol–water partition coefficient (Wildman–Crippen LogP) is 2.34. The second-order valence-electron chi connectivity index (χ2n) is 4.99. The van der Waals surface area contributed by atoms with Crippen molar-refractivity contribution in [3.8, 4) is 0 Å². The zero-order valence-electron chi connectivity index (χ0n) is 10.4. The van der Waals surface area contributed by atoms with Crippen LogP contribution < -0.4 is 0 Å². The number of carboxylic acids is 1. The number of aliphatic carboxylic acids is 1. The van der Waals surface area contributed by atoms with E-state index < -0.39 is 11.4 Å².